The Hall–Kier alpha value is -3.39. The van der Waals surface area contributed by atoms with E-state index in [1.165, 1.54) is 5.69 Å². The standard InChI is InChI=1S/C23H27N7O/c1-14-12-28(3)13-22-19(11-24-29(22)4)16-6-8-20-18(10-16)21(26-25-20)9-7-17-15(2)27-30(5)23(17)31-14/h6-11,14H,12-13H2,1-5H3,(H,25,26)/b9-7+/t14-/m1/s1. The van der Waals surface area contributed by atoms with Gasteiger partial charge in [-0.05, 0) is 50.7 Å². The largest absolute Gasteiger partial charge is 0.473 e. The van der Waals surface area contributed by atoms with E-state index in [9.17, 15) is 0 Å². The number of nitrogens with zero attached hydrogens (tertiary/aromatic N) is 6. The van der Waals surface area contributed by atoms with Crippen LogP contribution in [0.2, 0.25) is 0 Å². The van der Waals surface area contributed by atoms with Gasteiger partial charge in [0, 0.05) is 38.1 Å². The van der Waals surface area contributed by atoms with E-state index >= 15 is 0 Å². The van der Waals surface area contributed by atoms with Crippen LogP contribution in [0.25, 0.3) is 34.2 Å². The molecule has 4 aromatic rings. The number of likely N-dealkylation sites (N-methyl/N-ethyl adjacent to an activating group) is 1. The van der Waals surface area contributed by atoms with Crippen molar-refractivity contribution < 1.29 is 4.74 Å². The molecule has 1 atom stereocenters. The van der Waals surface area contributed by atoms with Gasteiger partial charge in [-0.15, -0.1) is 0 Å². The molecule has 0 saturated heterocycles. The molecule has 8 nitrogen and oxygen atoms in total. The Kier molecular flexibility index (Phi) is 4.66. The van der Waals surface area contributed by atoms with Gasteiger partial charge in [0.1, 0.15) is 6.10 Å². The molecule has 1 N–H and O–H groups in total. The minimum atomic E-state index is -0.00750. The van der Waals surface area contributed by atoms with Gasteiger partial charge in [-0.1, -0.05) is 6.07 Å². The normalized spacial score (nSPS) is 18.3. The van der Waals surface area contributed by atoms with Crippen molar-refractivity contribution in [3.8, 4) is 17.0 Å². The first-order valence-electron chi connectivity index (χ1n) is 10.5. The molecule has 4 heterocycles. The van der Waals surface area contributed by atoms with Crippen LogP contribution in [-0.2, 0) is 20.6 Å². The van der Waals surface area contributed by atoms with Gasteiger partial charge in [0.25, 0.3) is 0 Å². The van der Waals surface area contributed by atoms with Gasteiger partial charge in [-0.3, -0.25) is 14.7 Å². The van der Waals surface area contributed by atoms with Crippen LogP contribution in [0.15, 0.2) is 24.4 Å². The first-order valence-corrected chi connectivity index (χ1v) is 10.5. The molecule has 1 aliphatic heterocycles. The van der Waals surface area contributed by atoms with Gasteiger partial charge >= 0.3 is 0 Å². The van der Waals surface area contributed by atoms with Crippen LogP contribution in [-0.4, -0.2) is 54.4 Å². The highest BCUT2D eigenvalue weighted by Crippen LogP contribution is 2.31. The maximum atomic E-state index is 6.35. The molecule has 1 aromatic carbocycles. The number of H-pyrrole nitrogens is 1. The highest BCUT2D eigenvalue weighted by Gasteiger charge is 2.20. The van der Waals surface area contributed by atoms with Crippen molar-refractivity contribution in [3.05, 3.63) is 47.0 Å². The lowest BCUT2D eigenvalue weighted by molar-refractivity contribution is 0.146. The van der Waals surface area contributed by atoms with E-state index in [-0.39, 0.29) is 6.10 Å². The average molecular weight is 418 g/mol. The fourth-order valence-corrected chi connectivity index (χ4v) is 4.35. The van der Waals surface area contributed by atoms with Crippen molar-refractivity contribution in [3.63, 3.8) is 0 Å². The molecule has 3 aromatic heterocycles. The summed E-state index contributed by atoms with van der Waals surface area (Å²) < 4.78 is 10.1. The zero-order valence-corrected chi connectivity index (χ0v) is 18.5. The molecular formula is C23H27N7O. The summed E-state index contributed by atoms with van der Waals surface area (Å²) in [6, 6.07) is 6.40. The predicted molar refractivity (Wildman–Crippen MR) is 122 cm³/mol. The van der Waals surface area contributed by atoms with Gasteiger partial charge in [-0.2, -0.15) is 15.3 Å². The molecule has 31 heavy (non-hydrogen) atoms. The van der Waals surface area contributed by atoms with E-state index in [1.54, 1.807) is 0 Å². The van der Waals surface area contributed by atoms with Crippen LogP contribution in [0.3, 0.4) is 0 Å². The molecule has 1 aliphatic rings. The highest BCUT2D eigenvalue weighted by atomic mass is 16.5. The Bertz CT molecular complexity index is 1290. The third kappa shape index (κ3) is 3.42. The molecule has 0 amide bonds. The number of ether oxygens (including phenoxy) is 1. The second kappa shape index (κ2) is 7.39. The number of benzene rings is 1. The zero-order valence-electron chi connectivity index (χ0n) is 18.5. The van der Waals surface area contributed by atoms with Crippen molar-refractivity contribution in [2.45, 2.75) is 26.5 Å². The molecule has 0 fully saturated rings. The monoisotopic (exact) mass is 417 g/mol. The minimum Gasteiger partial charge on any atom is -0.473 e. The lowest BCUT2D eigenvalue weighted by Crippen LogP contribution is -2.32. The first-order chi connectivity index (χ1) is 14.9. The van der Waals surface area contributed by atoms with Crippen LogP contribution in [0.4, 0.5) is 0 Å². The van der Waals surface area contributed by atoms with Crippen molar-refractivity contribution in [1.82, 2.24) is 34.7 Å². The number of hydrogen-bond donors (Lipinski definition) is 1. The van der Waals surface area contributed by atoms with E-state index in [4.69, 9.17) is 4.74 Å². The number of nitrogens with one attached hydrogen (secondary N) is 1. The molecule has 5 rings (SSSR count). The fraction of sp³-hybridized carbons (Fsp3) is 0.348. The Morgan fingerprint density at radius 1 is 1.13 bits per heavy atom. The number of aromatic nitrogens is 6. The average Bonchev–Trinajstić information content (AvgIpc) is 3.36. The summed E-state index contributed by atoms with van der Waals surface area (Å²) in [6.45, 7) is 5.64. The highest BCUT2D eigenvalue weighted by molar-refractivity contribution is 5.93. The summed E-state index contributed by atoms with van der Waals surface area (Å²) in [4.78, 5) is 2.27. The molecule has 0 aliphatic carbocycles. The van der Waals surface area contributed by atoms with Crippen molar-refractivity contribution in [1.29, 1.82) is 0 Å². The number of hydrogen-bond acceptors (Lipinski definition) is 5. The molecular weight excluding hydrogens is 390 g/mol. The summed E-state index contributed by atoms with van der Waals surface area (Å²) in [5, 5.41) is 17.9. The lowest BCUT2D eigenvalue weighted by atomic mass is 10.0. The predicted octanol–water partition coefficient (Wildman–Crippen LogP) is 3.39. The van der Waals surface area contributed by atoms with Crippen LogP contribution in [0, 0.1) is 6.92 Å². The summed E-state index contributed by atoms with van der Waals surface area (Å²) in [6.07, 6.45) is 6.01. The second-order valence-corrected chi connectivity index (χ2v) is 8.38. The van der Waals surface area contributed by atoms with Crippen LogP contribution < -0.4 is 4.74 Å². The number of fused-ring (bicyclic) bond motifs is 4. The molecule has 0 radical (unpaired) electrons. The quantitative estimate of drug-likeness (QED) is 0.475. The summed E-state index contributed by atoms with van der Waals surface area (Å²) in [5.41, 5.74) is 7.24. The van der Waals surface area contributed by atoms with Gasteiger partial charge in [0.15, 0.2) is 0 Å². The fourth-order valence-electron chi connectivity index (χ4n) is 4.35. The van der Waals surface area contributed by atoms with Crippen LogP contribution >= 0.6 is 0 Å². The van der Waals surface area contributed by atoms with Crippen molar-refractivity contribution in [2.24, 2.45) is 14.1 Å². The van der Waals surface area contributed by atoms with Crippen molar-refractivity contribution in [2.75, 3.05) is 13.6 Å². The smallest absolute Gasteiger partial charge is 0.219 e. The molecule has 0 spiro atoms. The second-order valence-electron chi connectivity index (χ2n) is 8.38. The minimum absolute atomic E-state index is 0.00750. The van der Waals surface area contributed by atoms with E-state index in [0.29, 0.717) is 0 Å². The molecule has 160 valence electrons. The summed E-state index contributed by atoms with van der Waals surface area (Å²) in [7, 11) is 6.03. The van der Waals surface area contributed by atoms with Crippen molar-refractivity contribution >= 4 is 23.1 Å². The maximum absolute atomic E-state index is 6.35. The van der Waals surface area contributed by atoms with E-state index < -0.39 is 0 Å². The number of rotatable bonds is 0. The van der Waals surface area contributed by atoms with E-state index in [0.717, 1.165) is 58.0 Å². The topological polar surface area (TPSA) is 76.8 Å². The SMILES string of the molecule is Cc1nn(C)c2c1/C=C/c1n[nH]c3ccc(cc13)-c1cnn(C)c1CN(C)C[C@@H](C)O2. The van der Waals surface area contributed by atoms with Gasteiger partial charge < -0.3 is 4.74 Å². The first kappa shape index (κ1) is 19.6. The number of aromatic amines is 1. The Labute approximate surface area is 181 Å². The zero-order chi connectivity index (χ0) is 21.7. The van der Waals surface area contributed by atoms with E-state index in [1.807, 2.05) is 48.7 Å². The Morgan fingerprint density at radius 3 is 2.81 bits per heavy atom. The third-order valence-electron chi connectivity index (χ3n) is 5.89. The summed E-state index contributed by atoms with van der Waals surface area (Å²) in [5.74, 6) is 0.770. The summed E-state index contributed by atoms with van der Waals surface area (Å²) >= 11 is 0. The lowest BCUT2D eigenvalue weighted by Gasteiger charge is -2.23. The Balaban J connectivity index is 1.70. The Morgan fingerprint density at radius 2 is 1.97 bits per heavy atom. The molecule has 0 unspecified atom stereocenters. The van der Waals surface area contributed by atoms with Gasteiger partial charge in [0.05, 0.1) is 34.4 Å². The van der Waals surface area contributed by atoms with Gasteiger partial charge in [-0.25, -0.2) is 4.68 Å². The molecule has 0 saturated carbocycles. The molecule has 2 bridgehead atoms. The molecule has 8 heteroatoms. The third-order valence-corrected chi connectivity index (χ3v) is 5.89. The maximum Gasteiger partial charge on any atom is 0.219 e. The number of aryl methyl sites for hydroxylation is 3. The van der Waals surface area contributed by atoms with E-state index in [2.05, 4.69) is 57.5 Å². The van der Waals surface area contributed by atoms with Crippen LogP contribution in [0.5, 0.6) is 5.88 Å². The van der Waals surface area contributed by atoms with Crippen LogP contribution in [0.1, 0.15) is 29.6 Å². The van der Waals surface area contributed by atoms with Gasteiger partial charge in [0.2, 0.25) is 5.88 Å².